The molecule has 5 aromatic rings. The fourth-order valence-electron chi connectivity index (χ4n) is 4.59. The Bertz CT molecular complexity index is 1820. The van der Waals surface area contributed by atoms with Gasteiger partial charge in [0.25, 0.3) is 11.1 Å². The van der Waals surface area contributed by atoms with Gasteiger partial charge >= 0.3 is 0 Å². The molecule has 0 aliphatic heterocycles. The van der Waals surface area contributed by atoms with E-state index in [1.54, 1.807) is 6.07 Å². The van der Waals surface area contributed by atoms with Crippen LogP contribution < -0.4 is 15.7 Å². The van der Waals surface area contributed by atoms with Crippen LogP contribution in [0.25, 0.3) is 21.9 Å². The highest BCUT2D eigenvalue weighted by Crippen LogP contribution is 2.30. The average Bonchev–Trinajstić information content (AvgIpc) is 3.24. The second-order valence-electron chi connectivity index (χ2n) is 8.71. The molecule has 178 valence electrons. The summed E-state index contributed by atoms with van der Waals surface area (Å²) in [6.45, 7) is 8.35. The molecular formula is C27H23Cl2N3O2S. The largest absolute Gasteiger partial charge is 0.340 e. The van der Waals surface area contributed by atoms with Crippen LogP contribution in [0.2, 0.25) is 10.0 Å². The Morgan fingerprint density at radius 3 is 2.51 bits per heavy atom. The summed E-state index contributed by atoms with van der Waals surface area (Å²) >= 11 is 13.8. The van der Waals surface area contributed by atoms with Gasteiger partial charge in [-0.05, 0) is 63.1 Å². The van der Waals surface area contributed by atoms with Crippen molar-refractivity contribution in [3.63, 3.8) is 0 Å². The lowest BCUT2D eigenvalue weighted by Crippen LogP contribution is -2.33. The average molecular weight is 524 g/mol. The molecule has 5 rings (SSSR count). The summed E-state index contributed by atoms with van der Waals surface area (Å²) in [7, 11) is 0. The highest BCUT2D eigenvalue weighted by molar-refractivity contribution is 7.15. The van der Waals surface area contributed by atoms with Crippen molar-refractivity contribution in [2.45, 2.75) is 40.7 Å². The number of halogens is 2. The lowest BCUT2D eigenvalue weighted by atomic mass is 10.1. The number of fused-ring (bicyclic) bond motifs is 2. The molecular weight excluding hydrogens is 501 g/mol. The standard InChI is InChI=1S/C27H23Cl2N3O2S/c1-5-19-15(3)30-27-32(25(19)33)26(34)24(35-27)12-20-16(4)31(23-9-6-14(2)10-21(20)23)13-17-7-8-18(28)11-22(17)29/h6-12H,5,13H2,1-4H3/b24-12-. The molecule has 3 heterocycles. The molecule has 5 nitrogen and oxygen atoms in total. The smallest absolute Gasteiger partial charge is 0.277 e. The lowest BCUT2D eigenvalue weighted by molar-refractivity contribution is 0.804. The van der Waals surface area contributed by atoms with E-state index in [1.807, 2.05) is 45.9 Å². The maximum absolute atomic E-state index is 13.3. The molecule has 0 fully saturated rings. The van der Waals surface area contributed by atoms with Crippen molar-refractivity contribution in [3.8, 4) is 0 Å². The third-order valence-corrected chi connectivity index (χ3v) is 8.02. The molecule has 0 aliphatic rings. The maximum atomic E-state index is 13.3. The van der Waals surface area contributed by atoms with Gasteiger partial charge < -0.3 is 4.57 Å². The van der Waals surface area contributed by atoms with Gasteiger partial charge in [-0.1, -0.05) is 59.2 Å². The molecule has 0 aliphatic carbocycles. The Morgan fingerprint density at radius 2 is 1.80 bits per heavy atom. The highest BCUT2D eigenvalue weighted by Gasteiger charge is 2.17. The number of thiazole rings is 1. The predicted octanol–water partition coefficient (Wildman–Crippen LogP) is 5.46. The summed E-state index contributed by atoms with van der Waals surface area (Å²) in [6, 6.07) is 11.8. The van der Waals surface area contributed by atoms with Crippen molar-refractivity contribution < 1.29 is 0 Å². The Balaban J connectivity index is 1.77. The van der Waals surface area contributed by atoms with E-state index in [2.05, 4.69) is 27.8 Å². The number of aromatic nitrogens is 3. The van der Waals surface area contributed by atoms with Crippen molar-refractivity contribution in [3.05, 3.63) is 105 Å². The van der Waals surface area contributed by atoms with Crippen LogP contribution in [-0.4, -0.2) is 14.0 Å². The van der Waals surface area contributed by atoms with E-state index in [0.29, 0.717) is 43.8 Å². The SMILES string of the molecule is CCc1c(C)nc2s/c(=C\c3c(C)n(Cc4ccc(Cl)cc4Cl)c4ccc(C)cc34)c(=O)n2c1=O. The van der Waals surface area contributed by atoms with Gasteiger partial charge in [0.1, 0.15) is 0 Å². The van der Waals surface area contributed by atoms with E-state index in [1.165, 1.54) is 15.7 Å². The van der Waals surface area contributed by atoms with E-state index < -0.39 is 0 Å². The van der Waals surface area contributed by atoms with Gasteiger partial charge in [-0.2, -0.15) is 0 Å². The van der Waals surface area contributed by atoms with Gasteiger partial charge in [0.15, 0.2) is 0 Å². The quantitative estimate of drug-likeness (QED) is 0.314. The molecule has 2 aromatic carbocycles. The second kappa shape index (κ2) is 8.94. The number of hydrogen-bond acceptors (Lipinski definition) is 4. The van der Waals surface area contributed by atoms with Crippen LogP contribution in [0.3, 0.4) is 0 Å². The predicted molar refractivity (Wildman–Crippen MR) is 145 cm³/mol. The van der Waals surface area contributed by atoms with Crippen molar-refractivity contribution in [1.82, 2.24) is 14.0 Å². The molecule has 0 N–H and O–H groups in total. The zero-order valence-electron chi connectivity index (χ0n) is 19.8. The van der Waals surface area contributed by atoms with E-state index in [-0.39, 0.29) is 11.1 Å². The fraction of sp³-hybridized carbons (Fsp3) is 0.222. The molecule has 3 aromatic heterocycles. The van der Waals surface area contributed by atoms with E-state index in [9.17, 15) is 9.59 Å². The number of hydrogen-bond donors (Lipinski definition) is 0. The minimum atomic E-state index is -0.328. The molecule has 0 atom stereocenters. The minimum absolute atomic E-state index is 0.275. The summed E-state index contributed by atoms with van der Waals surface area (Å²) in [5.74, 6) is 0. The summed E-state index contributed by atoms with van der Waals surface area (Å²) in [6.07, 6.45) is 2.42. The Labute approximate surface area is 215 Å². The molecule has 35 heavy (non-hydrogen) atoms. The maximum Gasteiger partial charge on any atom is 0.277 e. The zero-order valence-corrected chi connectivity index (χ0v) is 22.1. The molecule has 0 radical (unpaired) electrons. The second-order valence-corrected chi connectivity index (χ2v) is 10.6. The van der Waals surface area contributed by atoms with Gasteiger partial charge in [-0.25, -0.2) is 9.38 Å². The fourth-order valence-corrected chi connectivity index (χ4v) is 6.05. The molecule has 0 amide bonds. The summed E-state index contributed by atoms with van der Waals surface area (Å²) in [5, 5.41) is 2.24. The number of benzene rings is 2. The number of nitrogens with zero attached hydrogens (tertiary/aromatic N) is 3. The van der Waals surface area contributed by atoms with Gasteiger partial charge in [-0.3, -0.25) is 9.59 Å². The minimum Gasteiger partial charge on any atom is -0.340 e. The van der Waals surface area contributed by atoms with Crippen LogP contribution in [-0.2, 0) is 13.0 Å². The van der Waals surface area contributed by atoms with Gasteiger partial charge in [-0.15, -0.1) is 0 Å². The summed E-state index contributed by atoms with van der Waals surface area (Å²) in [4.78, 5) is 31.2. The summed E-state index contributed by atoms with van der Waals surface area (Å²) < 4.78 is 3.88. The van der Waals surface area contributed by atoms with Crippen LogP contribution in [0.5, 0.6) is 0 Å². The van der Waals surface area contributed by atoms with Crippen LogP contribution >= 0.6 is 34.5 Å². The van der Waals surface area contributed by atoms with Gasteiger partial charge in [0.05, 0.1) is 4.53 Å². The van der Waals surface area contributed by atoms with Crippen LogP contribution in [0.15, 0.2) is 46.0 Å². The molecule has 0 bridgehead atoms. The van der Waals surface area contributed by atoms with Crippen LogP contribution in [0.4, 0.5) is 0 Å². The van der Waals surface area contributed by atoms with E-state index in [4.69, 9.17) is 23.2 Å². The molecule has 0 saturated carbocycles. The van der Waals surface area contributed by atoms with Gasteiger partial charge in [0, 0.05) is 50.0 Å². The topological polar surface area (TPSA) is 56.4 Å². The lowest BCUT2D eigenvalue weighted by Gasteiger charge is -2.11. The first kappa shape index (κ1) is 23.8. The van der Waals surface area contributed by atoms with Crippen molar-refractivity contribution >= 4 is 56.5 Å². The van der Waals surface area contributed by atoms with Crippen LogP contribution in [0, 0.1) is 20.8 Å². The van der Waals surface area contributed by atoms with Gasteiger partial charge in [0.2, 0.25) is 4.96 Å². The van der Waals surface area contributed by atoms with Crippen molar-refractivity contribution in [2.75, 3.05) is 0 Å². The highest BCUT2D eigenvalue weighted by atomic mass is 35.5. The Kier molecular flexibility index (Phi) is 6.08. The monoisotopic (exact) mass is 523 g/mol. The number of aryl methyl sites for hydroxylation is 2. The van der Waals surface area contributed by atoms with Crippen molar-refractivity contribution in [1.29, 1.82) is 0 Å². The molecule has 0 spiro atoms. The first-order valence-corrected chi connectivity index (χ1v) is 12.9. The zero-order chi connectivity index (χ0) is 25.0. The molecule has 8 heteroatoms. The third-order valence-electron chi connectivity index (χ3n) is 6.47. The molecule has 0 unspecified atom stereocenters. The first-order valence-electron chi connectivity index (χ1n) is 11.3. The first-order chi connectivity index (χ1) is 16.7. The van der Waals surface area contributed by atoms with Crippen LogP contribution in [0.1, 0.15) is 40.6 Å². The van der Waals surface area contributed by atoms with E-state index in [0.717, 1.165) is 33.3 Å². The van der Waals surface area contributed by atoms with E-state index >= 15 is 0 Å². The normalized spacial score (nSPS) is 12.3. The Hall–Kier alpha value is -2.93. The van der Waals surface area contributed by atoms with Crippen molar-refractivity contribution in [2.24, 2.45) is 0 Å². The summed E-state index contributed by atoms with van der Waals surface area (Å²) in [5.41, 5.74) is 5.70. The Morgan fingerprint density at radius 1 is 1.03 bits per heavy atom. The molecule has 0 saturated heterocycles. The number of rotatable bonds is 4. The third kappa shape index (κ3) is 3.99.